The molecule has 2 amide bonds. The van der Waals surface area contributed by atoms with E-state index >= 15 is 0 Å². The maximum Gasteiger partial charge on any atom is 0.293 e. The zero-order chi connectivity index (χ0) is 18.8. The van der Waals surface area contributed by atoms with Gasteiger partial charge in [-0.3, -0.25) is 19.3 Å². The van der Waals surface area contributed by atoms with Gasteiger partial charge in [-0.15, -0.1) is 5.10 Å². The van der Waals surface area contributed by atoms with Crippen molar-refractivity contribution in [2.24, 2.45) is 7.05 Å². The van der Waals surface area contributed by atoms with Crippen LogP contribution in [-0.4, -0.2) is 52.6 Å². The summed E-state index contributed by atoms with van der Waals surface area (Å²) in [6.07, 6.45) is 7.08. The first-order valence-electron chi connectivity index (χ1n) is 8.52. The predicted octanol–water partition coefficient (Wildman–Crippen LogP) is 0.705. The molecule has 0 saturated heterocycles. The summed E-state index contributed by atoms with van der Waals surface area (Å²) in [5, 5.41) is 6.86. The number of aromatic nitrogens is 6. The summed E-state index contributed by atoms with van der Waals surface area (Å²) in [6, 6.07) is 3.49. The number of carbonyl (C=O) groups is 2. The van der Waals surface area contributed by atoms with Crippen molar-refractivity contribution in [2.45, 2.75) is 19.5 Å². The molecule has 4 rings (SSSR count). The van der Waals surface area contributed by atoms with E-state index in [2.05, 4.69) is 25.4 Å². The van der Waals surface area contributed by atoms with Crippen molar-refractivity contribution in [2.75, 3.05) is 11.9 Å². The van der Waals surface area contributed by atoms with Crippen molar-refractivity contribution in [3.63, 3.8) is 0 Å². The number of hydrogen-bond acceptors (Lipinski definition) is 6. The first-order valence-corrected chi connectivity index (χ1v) is 8.52. The first-order chi connectivity index (χ1) is 13.1. The number of amides is 2. The zero-order valence-electron chi connectivity index (χ0n) is 14.7. The number of pyridine rings is 1. The van der Waals surface area contributed by atoms with Crippen LogP contribution in [0.25, 0.3) is 0 Å². The van der Waals surface area contributed by atoms with E-state index in [9.17, 15) is 9.59 Å². The Hall–Kier alpha value is -3.56. The van der Waals surface area contributed by atoms with Crippen LogP contribution in [0.1, 0.15) is 33.2 Å². The molecule has 1 aliphatic rings. The number of fused-ring (bicyclic) bond motifs is 1. The summed E-state index contributed by atoms with van der Waals surface area (Å²) in [6.45, 7) is 1.51. The Bertz CT molecular complexity index is 978. The molecular formula is C17H18N8O2. The van der Waals surface area contributed by atoms with Crippen LogP contribution in [0.2, 0.25) is 0 Å². The molecular weight excluding hydrogens is 348 g/mol. The van der Waals surface area contributed by atoms with Crippen LogP contribution in [0.3, 0.4) is 0 Å². The molecule has 0 atom stereocenters. The quantitative estimate of drug-likeness (QED) is 0.731. The number of rotatable bonds is 3. The van der Waals surface area contributed by atoms with Crippen molar-refractivity contribution < 1.29 is 9.59 Å². The molecule has 1 aliphatic heterocycles. The number of anilines is 1. The minimum absolute atomic E-state index is 0.145. The lowest BCUT2D eigenvalue weighted by Crippen LogP contribution is -2.32. The van der Waals surface area contributed by atoms with Crippen molar-refractivity contribution in [3.8, 4) is 0 Å². The first kappa shape index (κ1) is 16.9. The van der Waals surface area contributed by atoms with Gasteiger partial charge in [-0.1, -0.05) is 0 Å². The van der Waals surface area contributed by atoms with Gasteiger partial charge in [0.25, 0.3) is 11.8 Å². The van der Waals surface area contributed by atoms with Gasteiger partial charge in [0.15, 0.2) is 5.69 Å². The average molecular weight is 366 g/mol. The fourth-order valence-electron chi connectivity index (χ4n) is 3.03. The molecule has 0 unspecified atom stereocenters. The third-order valence-electron chi connectivity index (χ3n) is 4.33. The molecule has 10 nitrogen and oxygen atoms in total. The van der Waals surface area contributed by atoms with Crippen LogP contribution in [0.15, 0.2) is 37.2 Å². The maximum absolute atomic E-state index is 12.7. The molecule has 138 valence electrons. The molecule has 0 fully saturated rings. The lowest BCUT2D eigenvalue weighted by Gasteiger charge is -2.18. The van der Waals surface area contributed by atoms with Crippen molar-refractivity contribution in [3.05, 3.63) is 54.4 Å². The maximum atomic E-state index is 12.7. The van der Waals surface area contributed by atoms with Crippen molar-refractivity contribution >= 4 is 17.5 Å². The number of imidazole rings is 1. The van der Waals surface area contributed by atoms with Gasteiger partial charge < -0.3 is 14.8 Å². The highest BCUT2D eigenvalue weighted by Crippen LogP contribution is 2.18. The van der Waals surface area contributed by atoms with Gasteiger partial charge in [-0.05, 0) is 18.6 Å². The van der Waals surface area contributed by atoms with E-state index in [-0.39, 0.29) is 24.2 Å². The molecule has 0 saturated carbocycles. The van der Waals surface area contributed by atoms with E-state index < -0.39 is 0 Å². The molecule has 0 aromatic carbocycles. The fourth-order valence-corrected chi connectivity index (χ4v) is 3.03. The van der Waals surface area contributed by atoms with Gasteiger partial charge in [-0.2, -0.15) is 0 Å². The van der Waals surface area contributed by atoms with Gasteiger partial charge in [0.2, 0.25) is 5.82 Å². The topological polar surface area (TPSA) is 111 Å². The molecule has 0 radical (unpaired) electrons. The second-order valence-electron chi connectivity index (χ2n) is 6.25. The summed E-state index contributed by atoms with van der Waals surface area (Å²) in [5.41, 5.74) is 1.58. The molecule has 0 spiro atoms. The Morgan fingerprint density at radius 2 is 2.07 bits per heavy atom. The second kappa shape index (κ2) is 6.98. The van der Waals surface area contributed by atoms with Crippen molar-refractivity contribution in [1.29, 1.82) is 0 Å². The number of hydrogen-bond donors (Lipinski definition) is 1. The number of nitrogens with one attached hydrogen (secondary N) is 1. The molecule has 10 heteroatoms. The second-order valence-corrected chi connectivity index (χ2v) is 6.25. The minimum atomic E-state index is -0.331. The van der Waals surface area contributed by atoms with Crippen LogP contribution in [0, 0.1) is 0 Å². The van der Waals surface area contributed by atoms with E-state index in [1.165, 1.54) is 11.0 Å². The average Bonchev–Trinajstić information content (AvgIpc) is 3.22. The molecule has 3 aromatic heterocycles. The molecule has 27 heavy (non-hydrogen) atoms. The van der Waals surface area contributed by atoms with Gasteiger partial charge in [-0.25, -0.2) is 9.97 Å². The predicted molar refractivity (Wildman–Crippen MR) is 94.8 cm³/mol. The summed E-state index contributed by atoms with van der Waals surface area (Å²) < 4.78 is 3.40. The normalized spacial score (nSPS) is 13.7. The summed E-state index contributed by atoms with van der Waals surface area (Å²) in [7, 11) is 1.71. The molecule has 3 aromatic rings. The Labute approximate surface area is 154 Å². The van der Waals surface area contributed by atoms with Crippen LogP contribution >= 0.6 is 0 Å². The standard InChI is InChI=1S/C17H18N8O2/c1-23-10-20-15(22-23)17(27)24-6-3-7-25-11-19-14(13(25)9-24)16(26)21-12-4-2-5-18-8-12/h2,4-5,8,10-11H,3,6-7,9H2,1H3,(H,21,26). The number of nitrogens with zero attached hydrogens (tertiary/aromatic N) is 7. The van der Waals surface area contributed by atoms with Gasteiger partial charge >= 0.3 is 0 Å². The van der Waals surface area contributed by atoms with E-state index in [1.807, 2.05) is 4.57 Å². The lowest BCUT2D eigenvalue weighted by molar-refractivity contribution is 0.0731. The Kier molecular flexibility index (Phi) is 4.37. The Morgan fingerprint density at radius 1 is 1.19 bits per heavy atom. The summed E-state index contributed by atoms with van der Waals surface area (Å²) >= 11 is 0. The van der Waals surface area contributed by atoms with E-state index in [1.54, 1.807) is 42.8 Å². The monoisotopic (exact) mass is 366 g/mol. The highest BCUT2D eigenvalue weighted by Gasteiger charge is 2.27. The zero-order valence-corrected chi connectivity index (χ0v) is 14.7. The highest BCUT2D eigenvalue weighted by molar-refractivity contribution is 6.03. The van der Waals surface area contributed by atoms with Gasteiger partial charge in [0.1, 0.15) is 6.33 Å². The molecule has 0 aliphatic carbocycles. The largest absolute Gasteiger partial charge is 0.332 e. The lowest BCUT2D eigenvalue weighted by atomic mass is 10.2. The van der Waals surface area contributed by atoms with Gasteiger partial charge in [0, 0.05) is 26.3 Å². The van der Waals surface area contributed by atoms with Crippen LogP contribution in [-0.2, 0) is 20.1 Å². The highest BCUT2D eigenvalue weighted by atomic mass is 16.2. The SMILES string of the molecule is Cn1cnc(C(=O)N2CCCn3cnc(C(=O)Nc4cccnc4)c3C2)n1. The Morgan fingerprint density at radius 3 is 2.81 bits per heavy atom. The summed E-state index contributed by atoms with van der Waals surface area (Å²) in [4.78, 5) is 39.3. The van der Waals surface area contributed by atoms with Gasteiger partial charge in [0.05, 0.1) is 30.5 Å². The van der Waals surface area contributed by atoms with E-state index in [0.717, 1.165) is 6.42 Å². The summed E-state index contributed by atoms with van der Waals surface area (Å²) in [5.74, 6) is -0.447. The van der Waals surface area contributed by atoms with Crippen molar-refractivity contribution in [1.82, 2.24) is 34.2 Å². The number of aryl methyl sites for hydroxylation is 2. The number of carbonyl (C=O) groups excluding carboxylic acids is 2. The Balaban J connectivity index is 1.57. The van der Waals surface area contributed by atoms with Crippen LogP contribution < -0.4 is 5.32 Å². The smallest absolute Gasteiger partial charge is 0.293 e. The van der Waals surface area contributed by atoms with E-state index in [0.29, 0.717) is 30.2 Å². The van der Waals surface area contributed by atoms with E-state index in [4.69, 9.17) is 0 Å². The van der Waals surface area contributed by atoms with Crippen LogP contribution in [0.4, 0.5) is 5.69 Å². The minimum Gasteiger partial charge on any atom is -0.332 e. The molecule has 0 bridgehead atoms. The molecule has 4 heterocycles. The fraction of sp³-hybridized carbons (Fsp3) is 0.294. The molecule has 1 N–H and O–H groups in total. The van der Waals surface area contributed by atoms with Crippen LogP contribution in [0.5, 0.6) is 0 Å². The third-order valence-corrected chi connectivity index (χ3v) is 4.33. The third kappa shape index (κ3) is 3.41.